The van der Waals surface area contributed by atoms with Crippen molar-refractivity contribution in [1.29, 1.82) is 0 Å². The van der Waals surface area contributed by atoms with E-state index >= 15 is 0 Å². The Hall–Kier alpha value is -1.39. The van der Waals surface area contributed by atoms with E-state index in [0.29, 0.717) is 0 Å². The van der Waals surface area contributed by atoms with Gasteiger partial charge in [0.2, 0.25) is 0 Å². The van der Waals surface area contributed by atoms with E-state index in [-0.39, 0.29) is 0 Å². The van der Waals surface area contributed by atoms with E-state index in [2.05, 4.69) is 4.98 Å². The van der Waals surface area contributed by atoms with E-state index in [4.69, 9.17) is 4.74 Å². The fraction of sp³-hybridized carbons (Fsp3) is 0.308. The lowest BCUT2D eigenvalue weighted by atomic mass is 10.0. The summed E-state index contributed by atoms with van der Waals surface area (Å²) in [5.41, 5.74) is 2.82. The average Bonchev–Trinajstić information content (AvgIpc) is 2.75. The summed E-state index contributed by atoms with van der Waals surface area (Å²) in [7, 11) is 1.63. The maximum atomic E-state index is 10.3. The SMILES string of the molecule is COc1ccc(C(O)c2nc(C)cs2)c(C)c1. The lowest BCUT2D eigenvalue weighted by molar-refractivity contribution is 0.218. The quantitative estimate of drug-likeness (QED) is 0.909. The van der Waals surface area contributed by atoms with Crippen molar-refractivity contribution >= 4 is 11.3 Å². The maximum absolute atomic E-state index is 10.3. The largest absolute Gasteiger partial charge is 0.497 e. The van der Waals surface area contributed by atoms with E-state index in [1.54, 1.807) is 7.11 Å². The molecule has 1 atom stereocenters. The minimum Gasteiger partial charge on any atom is -0.497 e. The van der Waals surface area contributed by atoms with Crippen molar-refractivity contribution < 1.29 is 9.84 Å². The Bertz CT molecular complexity index is 522. The van der Waals surface area contributed by atoms with Crippen LogP contribution in [-0.4, -0.2) is 17.2 Å². The number of aliphatic hydroxyl groups is 1. The number of hydrogen-bond donors (Lipinski definition) is 1. The highest BCUT2D eigenvalue weighted by Crippen LogP contribution is 2.29. The van der Waals surface area contributed by atoms with Gasteiger partial charge in [-0.2, -0.15) is 0 Å². The molecule has 0 fully saturated rings. The molecule has 0 aliphatic carbocycles. The Labute approximate surface area is 105 Å². The third kappa shape index (κ3) is 2.48. The van der Waals surface area contributed by atoms with Crippen molar-refractivity contribution in [2.24, 2.45) is 0 Å². The average molecular weight is 249 g/mol. The van der Waals surface area contributed by atoms with Crippen LogP contribution >= 0.6 is 11.3 Å². The number of benzene rings is 1. The molecule has 0 amide bonds. The minimum atomic E-state index is -0.653. The molecule has 0 radical (unpaired) electrons. The van der Waals surface area contributed by atoms with E-state index in [1.807, 2.05) is 37.4 Å². The van der Waals surface area contributed by atoms with Crippen LogP contribution < -0.4 is 4.74 Å². The smallest absolute Gasteiger partial charge is 0.131 e. The molecule has 0 spiro atoms. The van der Waals surface area contributed by atoms with E-state index in [9.17, 15) is 5.11 Å². The van der Waals surface area contributed by atoms with Gasteiger partial charge in [-0.25, -0.2) is 4.98 Å². The zero-order valence-electron chi connectivity index (χ0n) is 10.1. The number of aromatic nitrogens is 1. The number of aliphatic hydroxyl groups excluding tert-OH is 1. The molecule has 17 heavy (non-hydrogen) atoms. The molecule has 1 unspecified atom stereocenters. The topological polar surface area (TPSA) is 42.4 Å². The van der Waals surface area contributed by atoms with Crippen molar-refractivity contribution in [1.82, 2.24) is 4.98 Å². The van der Waals surface area contributed by atoms with Gasteiger partial charge in [0.05, 0.1) is 7.11 Å². The first-order chi connectivity index (χ1) is 8.11. The number of nitrogens with zero attached hydrogens (tertiary/aromatic N) is 1. The zero-order valence-corrected chi connectivity index (χ0v) is 10.9. The van der Waals surface area contributed by atoms with Crippen molar-refractivity contribution in [3.8, 4) is 5.75 Å². The molecule has 0 aliphatic heterocycles. The van der Waals surface area contributed by atoms with Crippen LogP contribution in [0.25, 0.3) is 0 Å². The molecule has 2 rings (SSSR count). The van der Waals surface area contributed by atoms with Crippen LogP contribution in [0.15, 0.2) is 23.6 Å². The molecular weight excluding hydrogens is 234 g/mol. The molecular formula is C13H15NO2S. The summed E-state index contributed by atoms with van der Waals surface area (Å²) in [5, 5.41) is 12.9. The Morgan fingerprint density at radius 2 is 2.12 bits per heavy atom. The van der Waals surface area contributed by atoms with Gasteiger partial charge in [-0.05, 0) is 37.1 Å². The molecule has 0 saturated heterocycles. The molecule has 90 valence electrons. The van der Waals surface area contributed by atoms with E-state index in [0.717, 1.165) is 27.6 Å². The van der Waals surface area contributed by atoms with Crippen molar-refractivity contribution in [2.75, 3.05) is 7.11 Å². The van der Waals surface area contributed by atoms with Gasteiger partial charge in [-0.1, -0.05) is 6.07 Å². The Balaban J connectivity index is 2.34. The van der Waals surface area contributed by atoms with Gasteiger partial charge in [-0.3, -0.25) is 0 Å². The van der Waals surface area contributed by atoms with Gasteiger partial charge < -0.3 is 9.84 Å². The van der Waals surface area contributed by atoms with Gasteiger partial charge >= 0.3 is 0 Å². The second-order valence-electron chi connectivity index (χ2n) is 3.95. The normalized spacial score (nSPS) is 12.5. The Morgan fingerprint density at radius 1 is 1.35 bits per heavy atom. The van der Waals surface area contributed by atoms with Crippen LogP contribution in [0.2, 0.25) is 0 Å². The van der Waals surface area contributed by atoms with Gasteiger partial charge in [0.25, 0.3) is 0 Å². The fourth-order valence-corrected chi connectivity index (χ4v) is 2.51. The zero-order chi connectivity index (χ0) is 12.4. The summed E-state index contributed by atoms with van der Waals surface area (Å²) in [6.45, 7) is 3.88. The van der Waals surface area contributed by atoms with Gasteiger partial charge in [0.15, 0.2) is 0 Å². The molecule has 1 aromatic carbocycles. The molecule has 4 heteroatoms. The third-order valence-corrected chi connectivity index (χ3v) is 3.66. The van der Waals surface area contributed by atoms with Crippen molar-refractivity contribution in [3.05, 3.63) is 45.4 Å². The summed E-state index contributed by atoms with van der Waals surface area (Å²) in [6.07, 6.45) is -0.653. The lowest BCUT2D eigenvalue weighted by Gasteiger charge is -2.12. The summed E-state index contributed by atoms with van der Waals surface area (Å²) in [5.74, 6) is 0.800. The highest BCUT2D eigenvalue weighted by molar-refractivity contribution is 7.09. The maximum Gasteiger partial charge on any atom is 0.131 e. The van der Waals surface area contributed by atoms with Gasteiger partial charge in [0.1, 0.15) is 16.9 Å². The summed E-state index contributed by atoms with van der Waals surface area (Å²) in [6, 6.07) is 5.65. The minimum absolute atomic E-state index is 0.653. The molecule has 3 nitrogen and oxygen atoms in total. The van der Waals surface area contributed by atoms with E-state index in [1.165, 1.54) is 11.3 Å². The van der Waals surface area contributed by atoms with E-state index < -0.39 is 6.10 Å². The van der Waals surface area contributed by atoms with Crippen LogP contribution in [0.1, 0.15) is 27.9 Å². The fourth-order valence-electron chi connectivity index (χ4n) is 1.71. The molecule has 0 saturated carbocycles. The number of aryl methyl sites for hydroxylation is 2. The predicted octanol–water partition coefficient (Wildman–Crippen LogP) is 2.85. The van der Waals surface area contributed by atoms with Crippen molar-refractivity contribution in [3.63, 3.8) is 0 Å². The van der Waals surface area contributed by atoms with Crippen LogP contribution in [-0.2, 0) is 0 Å². The second-order valence-corrected chi connectivity index (χ2v) is 4.84. The summed E-state index contributed by atoms with van der Waals surface area (Å²) in [4.78, 5) is 4.31. The highest BCUT2D eigenvalue weighted by Gasteiger charge is 2.16. The number of hydrogen-bond acceptors (Lipinski definition) is 4. The summed E-state index contributed by atoms with van der Waals surface area (Å²) >= 11 is 1.48. The number of methoxy groups -OCH3 is 1. The van der Waals surface area contributed by atoms with Gasteiger partial charge in [-0.15, -0.1) is 11.3 Å². The van der Waals surface area contributed by atoms with Crippen LogP contribution in [0, 0.1) is 13.8 Å². The van der Waals surface area contributed by atoms with Crippen LogP contribution in [0.4, 0.5) is 0 Å². The molecule has 1 N–H and O–H groups in total. The first-order valence-electron chi connectivity index (χ1n) is 5.36. The molecule has 2 aromatic rings. The molecule has 1 aromatic heterocycles. The predicted molar refractivity (Wildman–Crippen MR) is 68.6 cm³/mol. The molecule has 1 heterocycles. The standard InChI is InChI=1S/C13H15NO2S/c1-8-6-10(16-3)4-5-11(8)12(15)13-14-9(2)7-17-13/h4-7,12,15H,1-3H3. The van der Waals surface area contributed by atoms with Gasteiger partial charge in [0, 0.05) is 11.1 Å². The molecule has 0 bridgehead atoms. The second kappa shape index (κ2) is 4.85. The molecule has 0 aliphatic rings. The first kappa shape index (κ1) is 12.1. The third-order valence-electron chi connectivity index (χ3n) is 2.64. The lowest BCUT2D eigenvalue weighted by Crippen LogP contribution is -2.02. The van der Waals surface area contributed by atoms with Crippen LogP contribution in [0.5, 0.6) is 5.75 Å². The Morgan fingerprint density at radius 3 is 2.65 bits per heavy atom. The van der Waals surface area contributed by atoms with Crippen molar-refractivity contribution in [2.45, 2.75) is 20.0 Å². The first-order valence-corrected chi connectivity index (χ1v) is 6.24. The van der Waals surface area contributed by atoms with Crippen LogP contribution in [0.3, 0.4) is 0 Å². The monoisotopic (exact) mass is 249 g/mol. The number of thiazole rings is 1. The summed E-state index contributed by atoms with van der Waals surface area (Å²) < 4.78 is 5.14. The number of rotatable bonds is 3. The highest BCUT2D eigenvalue weighted by atomic mass is 32.1. The Kier molecular flexibility index (Phi) is 3.45. The number of ether oxygens (including phenoxy) is 1.